The molecule has 0 bridgehead atoms. The van der Waals surface area contributed by atoms with Gasteiger partial charge in [0.2, 0.25) is 0 Å². The van der Waals surface area contributed by atoms with Crippen molar-refractivity contribution in [2.45, 2.75) is 17.8 Å². The second-order valence-electron chi connectivity index (χ2n) is 5.32. The molecule has 0 aliphatic heterocycles. The van der Waals surface area contributed by atoms with Gasteiger partial charge in [-0.15, -0.1) is 0 Å². The summed E-state index contributed by atoms with van der Waals surface area (Å²) in [6.45, 7) is 0. The fourth-order valence-corrected chi connectivity index (χ4v) is 3.08. The van der Waals surface area contributed by atoms with Gasteiger partial charge in [-0.2, -0.15) is 0 Å². The van der Waals surface area contributed by atoms with Crippen LogP contribution in [0.4, 0.5) is 0 Å². The Morgan fingerprint density at radius 1 is 1.14 bits per heavy atom. The topological polar surface area (TPSA) is 65.7 Å². The van der Waals surface area contributed by atoms with Crippen LogP contribution in [0.15, 0.2) is 47.3 Å². The average molecular weight is 300 g/mol. The third-order valence-electron chi connectivity index (χ3n) is 4.26. The number of hydrogen-bond donors (Lipinski definition) is 0. The van der Waals surface area contributed by atoms with Gasteiger partial charge >= 0.3 is 11.9 Å². The van der Waals surface area contributed by atoms with Crippen molar-refractivity contribution in [3.8, 4) is 0 Å². The highest BCUT2D eigenvalue weighted by Gasteiger charge is 2.64. The van der Waals surface area contributed by atoms with Gasteiger partial charge in [0.05, 0.1) is 20.5 Å². The molecular formula is C17H16O5. The van der Waals surface area contributed by atoms with E-state index in [1.165, 1.54) is 26.7 Å². The summed E-state index contributed by atoms with van der Waals surface area (Å²) in [6, 6.07) is 9.70. The molecule has 22 heavy (non-hydrogen) atoms. The molecule has 0 N–H and O–H groups in total. The Morgan fingerprint density at radius 2 is 1.86 bits per heavy atom. The SMILES string of the molecule is COC(=O)c1cocc1[C@@]1(C(=O)OC)C[C@H]1c1ccccc1. The molecule has 0 amide bonds. The summed E-state index contributed by atoms with van der Waals surface area (Å²) in [5.41, 5.74) is 0.948. The van der Waals surface area contributed by atoms with E-state index in [0.717, 1.165) is 5.56 Å². The molecule has 2 aromatic rings. The Bertz CT molecular complexity index is 703. The predicted octanol–water partition coefficient (Wildman–Crippen LogP) is 2.66. The Balaban J connectivity index is 2.06. The van der Waals surface area contributed by atoms with Crippen LogP contribution in [0.1, 0.15) is 33.8 Å². The Morgan fingerprint density at radius 3 is 2.50 bits per heavy atom. The first-order valence-corrected chi connectivity index (χ1v) is 6.93. The summed E-state index contributed by atoms with van der Waals surface area (Å²) in [5.74, 6) is -0.930. The normalized spacial score (nSPS) is 22.9. The minimum absolute atomic E-state index is 0.0397. The van der Waals surface area contributed by atoms with E-state index in [9.17, 15) is 9.59 Å². The fourth-order valence-electron chi connectivity index (χ4n) is 3.08. The standard InChI is InChI=1S/C17H16O5/c1-20-15(18)12-9-22-10-14(12)17(16(19)21-2)8-13(17)11-6-4-3-5-7-11/h3-7,9-10,13H,8H2,1-2H3/t13-,17+/m0/s1. The lowest BCUT2D eigenvalue weighted by Crippen LogP contribution is -2.26. The van der Waals surface area contributed by atoms with Crippen LogP contribution in [0.2, 0.25) is 0 Å². The second-order valence-corrected chi connectivity index (χ2v) is 5.32. The van der Waals surface area contributed by atoms with E-state index in [4.69, 9.17) is 13.9 Å². The van der Waals surface area contributed by atoms with E-state index in [-0.39, 0.29) is 17.5 Å². The van der Waals surface area contributed by atoms with E-state index in [1.807, 2.05) is 30.3 Å². The van der Waals surface area contributed by atoms with Crippen LogP contribution in [0, 0.1) is 0 Å². The molecule has 1 heterocycles. The van der Waals surface area contributed by atoms with Gasteiger partial charge < -0.3 is 13.9 Å². The van der Waals surface area contributed by atoms with E-state index < -0.39 is 11.4 Å². The monoisotopic (exact) mass is 300 g/mol. The van der Waals surface area contributed by atoms with Crippen molar-refractivity contribution < 1.29 is 23.5 Å². The lowest BCUT2D eigenvalue weighted by atomic mass is 9.90. The van der Waals surface area contributed by atoms with Crippen LogP contribution in [0.25, 0.3) is 0 Å². The Labute approximate surface area is 127 Å². The van der Waals surface area contributed by atoms with E-state index in [2.05, 4.69) is 0 Å². The zero-order valence-corrected chi connectivity index (χ0v) is 12.4. The maximum absolute atomic E-state index is 12.4. The van der Waals surface area contributed by atoms with Crippen molar-refractivity contribution in [3.63, 3.8) is 0 Å². The highest BCUT2D eigenvalue weighted by Crippen LogP contribution is 2.62. The van der Waals surface area contributed by atoms with Crippen LogP contribution < -0.4 is 0 Å². The van der Waals surface area contributed by atoms with Crippen LogP contribution in [0.3, 0.4) is 0 Å². The molecule has 0 saturated heterocycles. The van der Waals surface area contributed by atoms with Gasteiger partial charge in [0.25, 0.3) is 0 Å². The van der Waals surface area contributed by atoms with Gasteiger partial charge in [-0.3, -0.25) is 4.79 Å². The van der Waals surface area contributed by atoms with E-state index in [0.29, 0.717) is 12.0 Å². The smallest absolute Gasteiger partial charge is 0.341 e. The van der Waals surface area contributed by atoms with Crippen molar-refractivity contribution in [2.75, 3.05) is 14.2 Å². The van der Waals surface area contributed by atoms with E-state index in [1.54, 1.807) is 0 Å². The minimum Gasteiger partial charge on any atom is -0.471 e. The number of carbonyl (C=O) groups excluding carboxylic acids is 2. The third kappa shape index (κ3) is 2.01. The molecule has 1 aromatic heterocycles. The molecule has 2 atom stereocenters. The van der Waals surface area contributed by atoms with Crippen molar-refractivity contribution in [1.29, 1.82) is 0 Å². The second kappa shape index (κ2) is 5.33. The van der Waals surface area contributed by atoms with Gasteiger partial charge in [-0.1, -0.05) is 30.3 Å². The van der Waals surface area contributed by atoms with Crippen LogP contribution in [-0.4, -0.2) is 26.2 Å². The molecule has 0 radical (unpaired) electrons. The van der Waals surface area contributed by atoms with Gasteiger partial charge in [0.15, 0.2) is 0 Å². The maximum Gasteiger partial charge on any atom is 0.341 e. The summed E-state index contributed by atoms with van der Waals surface area (Å²) < 4.78 is 14.9. The largest absolute Gasteiger partial charge is 0.471 e. The fraction of sp³-hybridized carbons (Fsp3) is 0.294. The lowest BCUT2D eigenvalue weighted by molar-refractivity contribution is -0.143. The number of rotatable bonds is 4. The maximum atomic E-state index is 12.4. The van der Waals surface area contributed by atoms with Crippen molar-refractivity contribution in [3.05, 3.63) is 59.5 Å². The highest BCUT2D eigenvalue weighted by atomic mass is 16.5. The first-order chi connectivity index (χ1) is 10.6. The summed E-state index contributed by atoms with van der Waals surface area (Å²) in [7, 11) is 2.65. The van der Waals surface area contributed by atoms with Gasteiger partial charge in [-0.25, -0.2) is 4.79 Å². The number of ether oxygens (including phenoxy) is 2. The molecule has 1 aliphatic carbocycles. The lowest BCUT2D eigenvalue weighted by Gasteiger charge is -2.15. The van der Waals surface area contributed by atoms with Crippen LogP contribution in [-0.2, 0) is 19.7 Å². The number of esters is 2. The minimum atomic E-state index is -0.882. The zero-order valence-electron chi connectivity index (χ0n) is 12.4. The molecule has 1 saturated carbocycles. The molecule has 1 fully saturated rings. The van der Waals surface area contributed by atoms with Gasteiger partial charge in [0.1, 0.15) is 17.2 Å². The number of furan rings is 1. The van der Waals surface area contributed by atoms with Crippen molar-refractivity contribution in [1.82, 2.24) is 0 Å². The van der Waals surface area contributed by atoms with Gasteiger partial charge in [0, 0.05) is 11.5 Å². The number of hydrogen-bond acceptors (Lipinski definition) is 5. The molecule has 5 heteroatoms. The zero-order chi connectivity index (χ0) is 15.7. The third-order valence-corrected chi connectivity index (χ3v) is 4.26. The highest BCUT2D eigenvalue weighted by molar-refractivity contribution is 5.97. The number of methoxy groups -OCH3 is 2. The summed E-state index contributed by atoms with van der Waals surface area (Å²) in [6.07, 6.45) is 3.32. The molecule has 5 nitrogen and oxygen atoms in total. The summed E-state index contributed by atoms with van der Waals surface area (Å²) >= 11 is 0. The van der Waals surface area contributed by atoms with Crippen molar-refractivity contribution >= 4 is 11.9 Å². The molecular weight excluding hydrogens is 284 g/mol. The van der Waals surface area contributed by atoms with Crippen molar-refractivity contribution in [2.24, 2.45) is 0 Å². The first-order valence-electron chi connectivity index (χ1n) is 6.93. The Hall–Kier alpha value is -2.56. The summed E-state index contributed by atoms with van der Waals surface area (Å²) in [4.78, 5) is 24.3. The summed E-state index contributed by atoms with van der Waals surface area (Å²) in [5, 5.41) is 0. The quantitative estimate of drug-likeness (QED) is 0.812. The van der Waals surface area contributed by atoms with Gasteiger partial charge in [-0.05, 0) is 12.0 Å². The molecule has 114 valence electrons. The number of benzene rings is 1. The predicted molar refractivity (Wildman–Crippen MR) is 77.5 cm³/mol. The molecule has 1 aliphatic rings. The first kappa shape index (κ1) is 14.4. The van der Waals surface area contributed by atoms with Crippen LogP contribution in [0.5, 0.6) is 0 Å². The number of carbonyl (C=O) groups is 2. The average Bonchev–Trinajstić information content (AvgIpc) is 3.14. The molecule has 0 unspecified atom stereocenters. The van der Waals surface area contributed by atoms with E-state index >= 15 is 0 Å². The molecule has 3 rings (SSSR count). The molecule has 1 aromatic carbocycles. The molecule has 0 spiro atoms. The Kier molecular flexibility index (Phi) is 3.48. The van der Waals surface area contributed by atoms with Crippen LogP contribution >= 0.6 is 0 Å².